The van der Waals surface area contributed by atoms with Crippen molar-refractivity contribution in [3.8, 4) is 11.5 Å². The van der Waals surface area contributed by atoms with E-state index in [4.69, 9.17) is 9.47 Å². The molecule has 3 nitrogen and oxygen atoms in total. The minimum absolute atomic E-state index is 0.291. The van der Waals surface area contributed by atoms with Gasteiger partial charge in [-0.3, -0.25) is 0 Å². The molecule has 0 spiro atoms. The summed E-state index contributed by atoms with van der Waals surface area (Å²) in [6.07, 6.45) is 0. The lowest BCUT2D eigenvalue weighted by atomic mass is 10.1. The molecule has 21 heavy (non-hydrogen) atoms. The van der Waals surface area contributed by atoms with Crippen LogP contribution in [0.2, 0.25) is 0 Å². The number of hydrogen-bond donors (Lipinski definition) is 1. The van der Waals surface area contributed by atoms with Crippen molar-refractivity contribution < 1.29 is 9.47 Å². The van der Waals surface area contributed by atoms with Crippen molar-refractivity contribution in [1.29, 1.82) is 0 Å². The second-order valence-electron chi connectivity index (χ2n) is 4.73. The summed E-state index contributed by atoms with van der Waals surface area (Å²) in [5, 5.41) is 3.44. The number of nitrogens with one attached hydrogen (secondary N) is 1. The van der Waals surface area contributed by atoms with E-state index in [2.05, 4.69) is 52.4 Å². The number of para-hydroxylation sites is 2. The molecule has 2 aromatic rings. The first-order valence-electron chi connectivity index (χ1n) is 6.95. The van der Waals surface area contributed by atoms with Gasteiger partial charge in [0.2, 0.25) is 0 Å². The van der Waals surface area contributed by atoms with Crippen LogP contribution in [-0.2, 0) is 0 Å². The van der Waals surface area contributed by atoms with Gasteiger partial charge in [-0.15, -0.1) is 0 Å². The molecule has 0 aliphatic rings. The van der Waals surface area contributed by atoms with Gasteiger partial charge in [-0.05, 0) is 36.8 Å². The van der Waals surface area contributed by atoms with Crippen LogP contribution in [0.1, 0.15) is 18.5 Å². The number of halogens is 1. The van der Waals surface area contributed by atoms with Gasteiger partial charge >= 0.3 is 0 Å². The zero-order valence-corrected chi connectivity index (χ0v) is 13.9. The first-order valence-corrected chi connectivity index (χ1v) is 7.74. The van der Waals surface area contributed by atoms with Crippen LogP contribution in [0.3, 0.4) is 0 Å². The Morgan fingerprint density at radius 1 is 1.05 bits per heavy atom. The number of rotatable bonds is 7. The molecule has 0 radical (unpaired) electrons. The molecule has 2 aromatic carbocycles. The zero-order valence-electron chi connectivity index (χ0n) is 12.3. The van der Waals surface area contributed by atoms with Crippen molar-refractivity contribution in [3.05, 3.63) is 58.6 Å². The van der Waals surface area contributed by atoms with E-state index in [0.717, 1.165) is 22.5 Å². The average Bonchev–Trinajstić information content (AvgIpc) is 2.52. The minimum Gasteiger partial charge on any atom is -0.493 e. The summed E-state index contributed by atoms with van der Waals surface area (Å²) in [4.78, 5) is 0. The summed E-state index contributed by atoms with van der Waals surface area (Å²) in [5.74, 6) is 1.54. The van der Waals surface area contributed by atoms with Gasteiger partial charge < -0.3 is 14.8 Å². The van der Waals surface area contributed by atoms with E-state index in [1.807, 2.05) is 24.3 Å². The fourth-order valence-electron chi connectivity index (χ4n) is 2.04. The first-order chi connectivity index (χ1) is 10.2. The maximum atomic E-state index is 5.74. The van der Waals surface area contributed by atoms with Crippen LogP contribution in [0.25, 0.3) is 0 Å². The van der Waals surface area contributed by atoms with E-state index < -0.39 is 0 Å². The van der Waals surface area contributed by atoms with E-state index in [0.29, 0.717) is 12.6 Å². The Morgan fingerprint density at radius 2 is 1.71 bits per heavy atom. The molecule has 1 N–H and O–H groups in total. The van der Waals surface area contributed by atoms with Crippen LogP contribution >= 0.6 is 15.9 Å². The maximum absolute atomic E-state index is 5.74. The molecule has 0 fully saturated rings. The third-order valence-corrected chi connectivity index (χ3v) is 3.78. The standard InChI is InChI=1S/C17H20BrNO2/c1-13(14-7-9-15(18)10-8-14)19-11-12-21-17-6-4-3-5-16(17)20-2/h3-10,13,19H,11-12H2,1-2H3. The van der Waals surface area contributed by atoms with Gasteiger partial charge in [-0.25, -0.2) is 0 Å². The number of methoxy groups -OCH3 is 1. The SMILES string of the molecule is COc1ccccc1OCCNC(C)c1ccc(Br)cc1. The number of hydrogen-bond acceptors (Lipinski definition) is 3. The highest BCUT2D eigenvalue weighted by atomic mass is 79.9. The molecule has 0 saturated heterocycles. The van der Waals surface area contributed by atoms with Gasteiger partial charge in [0.1, 0.15) is 6.61 Å². The maximum Gasteiger partial charge on any atom is 0.161 e. The Kier molecular flexibility index (Phi) is 6.08. The third-order valence-electron chi connectivity index (χ3n) is 3.25. The predicted molar refractivity (Wildman–Crippen MR) is 89.0 cm³/mol. The van der Waals surface area contributed by atoms with Crippen molar-refractivity contribution in [2.45, 2.75) is 13.0 Å². The first kappa shape index (κ1) is 15.9. The highest BCUT2D eigenvalue weighted by Crippen LogP contribution is 2.25. The molecular weight excluding hydrogens is 330 g/mol. The molecule has 0 aromatic heterocycles. The second-order valence-corrected chi connectivity index (χ2v) is 5.64. The van der Waals surface area contributed by atoms with Crippen LogP contribution in [0, 0.1) is 0 Å². The fourth-order valence-corrected chi connectivity index (χ4v) is 2.31. The summed E-state index contributed by atoms with van der Waals surface area (Å²) in [6, 6.07) is 16.3. The van der Waals surface area contributed by atoms with E-state index >= 15 is 0 Å². The molecule has 0 heterocycles. The van der Waals surface area contributed by atoms with Crippen LogP contribution < -0.4 is 14.8 Å². The molecular formula is C17H20BrNO2. The monoisotopic (exact) mass is 349 g/mol. The van der Waals surface area contributed by atoms with Crippen molar-refractivity contribution in [3.63, 3.8) is 0 Å². The normalized spacial score (nSPS) is 12.0. The Morgan fingerprint density at radius 3 is 2.38 bits per heavy atom. The predicted octanol–water partition coefficient (Wildman–Crippen LogP) is 4.19. The average molecular weight is 350 g/mol. The lowest BCUT2D eigenvalue weighted by molar-refractivity contribution is 0.288. The second kappa shape index (κ2) is 8.05. The van der Waals surface area contributed by atoms with Crippen LogP contribution in [0.15, 0.2) is 53.0 Å². The topological polar surface area (TPSA) is 30.5 Å². The Balaban J connectivity index is 1.78. The van der Waals surface area contributed by atoms with Gasteiger partial charge in [-0.1, -0.05) is 40.2 Å². The molecule has 4 heteroatoms. The van der Waals surface area contributed by atoms with Gasteiger partial charge in [0.15, 0.2) is 11.5 Å². The smallest absolute Gasteiger partial charge is 0.161 e. The van der Waals surface area contributed by atoms with E-state index in [9.17, 15) is 0 Å². The van der Waals surface area contributed by atoms with Crippen molar-refractivity contribution in [2.75, 3.05) is 20.3 Å². The zero-order chi connectivity index (χ0) is 15.1. The van der Waals surface area contributed by atoms with Crippen molar-refractivity contribution in [2.24, 2.45) is 0 Å². The number of benzene rings is 2. The molecule has 1 atom stereocenters. The van der Waals surface area contributed by atoms with Crippen LogP contribution in [-0.4, -0.2) is 20.3 Å². The summed E-state index contributed by atoms with van der Waals surface area (Å²) in [6.45, 7) is 3.52. The van der Waals surface area contributed by atoms with E-state index in [1.165, 1.54) is 5.56 Å². The molecule has 112 valence electrons. The molecule has 0 aliphatic heterocycles. The summed E-state index contributed by atoms with van der Waals surface area (Å²) in [7, 11) is 1.65. The molecule has 0 saturated carbocycles. The van der Waals surface area contributed by atoms with Crippen molar-refractivity contribution in [1.82, 2.24) is 5.32 Å². The van der Waals surface area contributed by atoms with E-state index in [-0.39, 0.29) is 0 Å². The van der Waals surface area contributed by atoms with Gasteiger partial charge in [0.05, 0.1) is 7.11 Å². The summed E-state index contributed by atoms with van der Waals surface area (Å²) < 4.78 is 12.1. The van der Waals surface area contributed by atoms with Gasteiger partial charge in [0, 0.05) is 17.1 Å². The Labute approximate surface area is 134 Å². The fraction of sp³-hybridized carbons (Fsp3) is 0.294. The van der Waals surface area contributed by atoms with Crippen LogP contribution in [0.4, 0.5) is 0 Å². The summed E-state index contributed by atoms with van der Waals surface area (Å²) >= 11 is 3.45. The quantitative estimate of drug-likeness (QED) is 0.760. The Hall–Kier alpha value is -1.52. The lowest BCUT2D eigenvalue weighted by Crippen LogP contribution is -2.24. The molecule has 0 bridgehead atoms. The Bertz CT molecular complexity index is 557. The van der Waals surface area contributed by atoms with E-state index in [1.54, 1.807) is 7.11 Å². The molecule has 1 unspecified atom stereocenters. The lowest BCUT2D eigenvalue weighted by Gasteiger charge is -2.15. The van der Waals surface area contributed by atoms with Crippen molar-refractivity contribution >= 4 is 15.9 Å². The molecule has 2 rings (SSSR count). The third kappa shape index (κ3) is 4.76. The largest absolute Gasteiger partial charge is 0.493 e. The highest BCUT2D eigenvalue weighted by molar-refractivity contribution is 9.10. The number of ether oxygens (including phenoxy) is 2. The minimum atomic E-state index is 0.291. The highest BCUT2D eigenvalue weighted by Gasteiger charge is 2.05. The summed E-state index contributed by atoms with van der Waals surface area (Å²) in [5.41, 5.74) is 1.26. The molecule has 0 aliphatic carbocycles. The molecule has 0 amide bonds. The van der Waals surface area contributed by atoms with Crippen LogP contribution in [0.5, 0.6) is 11.5 Å². The van der Waals surface area contributed by atoms with Gasteiger partial charge in [-0.2, -0.15) is 0 Å². The van der Waals surface area contributed by atoms with Gasteiger partial charge in [0.25, 0.3) is 0 Å².